The highest BCUT2D eigenvalue weighted by atomic mass is 16.5. The highest BCUT2D eigenvalue weighted by molar-refractivity contribution is 5.76. The van der Waals surface area contributed by atoms with E-state index in [1.54, 1.807) is 12.1 Å². The smallest absolute Gasteiger partial charge is 0.223 e. The third kappa shape index (κ3) is 4.81. The van der Waals surface area contributed by atoms with Gasteiger partial charge in [-0.3, -0.25) is 4.79 Å². The number of ether oxygens (including phenoxy) is 1. The van der Waals surface area contributed by atoms with Gasteiger partial charge < -0.3 is 15.8 Å². The summed E-state index contributed by atoms with van der Waals surface area (Å²) in [5.74, 6) is 0.643. The molecule has 0 bridgehead atoms. The van der Waals surface area contributed by atoms with E-state index in [-0.39, 0.29) is 11.4 Å². The lowest BCUT2D eigenvalue weighted by atomic mass is 9.95. The minimum Gasteiger partial charge on any atom is -0.491 e. The van der Waals surface area contributed by atoms with Crippen LogP contribution in [-0.4, -0.2) is 18.1 Å². The highest BCUT2D eigenvalue weighted by Crippen LogP contribution is 2.19. The van der Waals surface area contributed by atoms with E-state index in [1.807, 2.05) is 12.1 Å². The predicted molar refractivity (Wildman–Crippen MR) is 78.1 cm³/mol. The Labute approximate surface area is 115 Å². The first-order chi connectivity index (χ1) is 9.00. The van der Waals surface area contributed by atoms with Crippen molar-refractivity contribution in [2.75, 3.05) is 12.3 Å². The van der Waals surface area contributed by atoms with Crippen molar-refractivity contribution in [3.8, 4) is 5.75 Å². The maximum absolute atomic E-state index is 11.8. The lowest BCUT2D eigenvalue weighted by Crippen LogP contribution is -2.45. The van der Waals surface area contributed by atoms with Gasteiger partial charge in [0.25, 0.3) is 0 Å². The molecule has 0 unspecified atom stereocenters. The van der Waals surface area contributed by atoms with E-state index < -0.39 is 0 Å². The number of amides is 1. The molecule has 0 aliphatic carbocycles. The monoisotopic (exact) mass is 264 g/mol. The average molecular weight is 264 g/mol. The number of rotatable bonds is 7. The van der Waals surface area contributed by atoms with Crippen molar-refractivity contribution in [1.29, 1.82) is 0 Å². The van der Waals surface area contributed by atoms with Crippen molar-refractivity contribution in [1.82, 2.24) is 5.32 Å². The molecule has 19 heavy (non-hydrogen) atoms. The molecule has 4 nitrogen and oxygen atoms in total. The summed E-state index contributed by atoms with van der Waals surface area (Å²) in [5, 5.41) is 3.04. The Kier molecular flexibility index (Phi) is 5.67. The number of hydrogen-bond donors (Lipinski definition) is 2. The Morgan fingerprint density at radius 1 is 1.32 bits per heavy atom. The van der Waals surface area contributed by atoms with Crippen LogP contribution in [0.5, 0.6) is 5.75 Å². The van der Waals surface area contributed by atoms with E-state index in [0.29, 0.717) is 24.5 Å². The first-order valence-electron chi connectivity index (χ1n) is 6.79. The van der Waals surface area contributed by atoms with Crippen molar-refractivity contribution >= 4 is 11.6 Å². The van der Waals surface area contributed by atoms with E-state index in [9.17, 15) is 4.79 Å². The van der Waals surface area contributed by atoms with Crippen molar-refractivity contribution in [2.45, 2.75) is 45.6 Å². The molecule has 1 aromatic carbocycles. The summed E-state index contributed by atoms with van der Waals surface area (Å²) < 4.78 is 5.50. The number of nitrogens with one attached hydrogen (secondary N) is 1. The lowest BCUT2D eigenvalue weighted by Gasteiger charge is -2.28. The standard InChI is InChI=1S/C15H24N2O2/c1-4-15(3,5-2)17-14(18)10-11-19-13-9-7-6-8-12(13)16/h6-9H,4-5,10-11,16H2,1-3H3,(H,17,18). The predicted octanol–water partition coefficient (Wildman–Crippen LogP) is 2.73. The molecule has 0 atom stereocenters. The number of nitrogens with two attached hydrogens (primary N) is 1. The summed E-state index contributed by atoms with van der Waals surface area (Å²) in [4.78, 5) is 11.8. The molecular formula is C15H24N2O2. The molecule has 1 rings (SSSR count). The molecule has 0 fully saturated rings. The van der Waals surface area contributed by atoms with Gasteiger partial charge in [-0.25, -0.2) is 0 Å². The summed E-state index contributed by atoms with van der Waals surface area (Å²) in [6.07, 6.45) is 2.17. The number of benzene rings is 1. The molecule has 0 spiro atoms. The van der Waals surface area contributed by atoms with Gasteiger partial charge in [0.2, 0.25) is 5.91 Å². The van der Waals surface area contributed by atoms with Gasteiger partial charge in [-0.05, 0) is 31.9 Å². The van der Waals surface area contributed by atoms with Crippen LogP contribution in [0, 0.1) is 0 Å². The highest BCUT2D eigenvalue weighted by Gasteiger charge is 2.21. The van der Waals surface area contributed by atoms with Crippen molar-refractivity contribution in [3.63, 3.8) is 0 Å². The Bertz CT molecular complexity index is 414. The number of para-hydroxylation sites is 2. The average Bonchev–Trinajstić information content (AvgIpc) is 2.41. The third-order valence-corrected chi connectivity index (χ3v) is 3.51. The molecular weight excluding hydrogens is 240 g/mol. The van der Waals surface area contributed by atoms with Gasteiger partial charge in [0, 0.05) is 5.54 Å². The largest absolute Gasteiger partial charge is 0.491 e. The van der Waals surface area contributed by atoms with Crippen LogP contribution in [0.3, 0.4) is 0 Å². The van der Waals surface area contributed by atoms with E-state index >= 15 is 0 Å². The molecule has 0 saturated carbocycles. The Morgan fingerprint density at radius 2 is 1.95 bits per heavy atom. The maximum atomic E-state index is 11.8. The third-order valence-electron chi connectivity index (χ3n) is 3.51. The number of nitrogen functional groups attached to an aromatic ring is 1. The summed E-state index contributed by atoms with van der Waals surface area (Å²) in [7, 11) is 0. The van der Waals surface area contributed by atoms with Crippen LogP contribution in [0.25, 0.3) is 0 Å². The molecule has 1 aromatic rings. The zero-order valence-electron chi connectivity index (χ0n) is 12.0. The fraction of sp³-hybridized carbons (Fsp3) is 0.533. The van der Waals surface area contributed by atoms with Gasteiger partial charge in [0.1, 0.15) is 5.75 Å². The molecule has 0 radical (unpaired) electrons. The van der Waals surface area contributed by atoms with Crippen molar-refractivity contribution in [3.05, 3.63) is 24.3 Å². The quantitative estimate of drug-likeness (QED) is 0.744. The van der Waals surface area contributed by atoms with Gasteiger partial charge >= 0.3 is 0 Å². The second-order valence-corrected chi connectivity index (χ2v) is 4.95. The molecule has 0 aliphatic heterocycles. The molecule has 3 N–H and O–H groups in total. The normalized spacial score (nSPS) is 11.1. The summed E-state index contributed by atoms with van der Waals surface area (Å²) in [6.45, 7) is 6.54. The van der Waals surface area contributed by atoms with E-state index in [1.165, 1.54) is 0 Å². The van der Waals surface area contributed by atoms with E-state index in [0.717, 1.165) is 12.8 Å². The first kappa shape index (κ1) is 15.3. The molecule has 0 aromatic heterocycles. The van der Waals surface area contributed by atoms with E-state index in [2.05, 4.69) is 26.1 Å². The second-order valence-electron chi connectivity index (χ2n) is 4.95. The Balaban J connectivity index is 2.37. The zero-order chi connectivity index (χ0) is 14.3. The molecule has 0 heterocycles. The van der Waals surface area contributed by atoms with Gasteiger partial charge in [0.15, 0.2) is 0 Å². The van der Waals surface area contributed by atoms with Crippen LogP contribution in [0.4, 0.5) is 5.69 Å². The summed E-state index contributed by atoms with van der Waals surface area (Å²) in [5.41, 5.74) is 6.23. The summed E-state index contributed by atoms with van der Waals surface area (Å²) in [6, 6.07) is 7.29. The Hall–Kier alpha value is -1.71. The van der Waals surface area contributed by atoms with Gasteiger partial charge in [-0.2, -0.15) is 0 Å². The van der Waals surface area contributed by atoms with Crippen LogP contribution in [0.15, 0.2) is 24.3 Å². The maximum Gasteiger partial charge on any atom is 0.223 e. The fourth-order valence-corrected chi connectivity index (χ4v) is 1.69. The van der Waals surface area contributed by atoms with Crippen molar-refractivity contribution < 1.29 is 9.53 Å². The first-order valence-corrected chi connectivity index (χ1v) is 6.79. The number of hydrogen-bond acceptors (Lipinski definition) is 3. The number of anilines is 1. The minimum atomic E-state index is -0.122. The summed E-state index contributed by atoms with van der Waals surface area (Å²) >= 11 is 0. The van der Waals surface area contributed by atoms with Crippen LogP contribution < -0.4 is 15.8 Å². The van der Waals surface area contributed by atoms with Crippen LogP contribution in [-0.2, 0) is 4.79 Å². The van der Waals surface area contributed by atoms with Gasteiger partial charge in [-0.1, -0.05) is 26.0 Å². The molecule has 106 valence electrons. The molecule has 0 aliphatic rings. The fourth-order valence-electron chi connectivity index (χ4n) is 1.69. The van der Waals surface area contributed by atoms with Crippen LogP contribution >= 0.6 is 0 Å². The Morgan fingerprint density at radius 3 is 2.53 bits per heavy atom. The topological polar surface area (TPSA) is 64.3 Å². The second kappa shape index (κ2) is 7.02. The van der Waals surface area contributed by atoms with E-state index in [4.69, 9.17) is 10.5 Å². The number of carbonyl (C=O) groups is 1. The molecule has 0 saturated heterocycles. The molecule has 4 heteroatoms. The van der Waals surface area contributed by atoms with Gasteiger partial charge in [-0.15, -0.1) is 0 Å². The minimum absolute atomic E-state index is 0.0145. The van der Waals surface area contributed by atoms with Crippen LogP contribution in [0.2, 0.25) is 0 Å². The molecule has 1 amide bonds. The van der Waals surface area contributed by atoms with Gasteiger partial charge in [0.05, 0.1) is 18.7 Å². The SMILES string of the molecule is CCC(C)(CC)NC(=O)CCOc1ccccc1N. The zero-order valence-corrected chi connectivity index (χ0v) is 12.0. The number of carbonyl (C=O) groups excluding carboxylic acids is 1. The van der Waals surface area contributed by atoms with Crippen molar-refractivity contribution in [2.24, 2.45) is 0 Å². The van der Waals surface area contributed by atoms with Crippen LogP contribution in [0.1, 0.15) is 40.0 Å². The lowest BCUT2D eigenvalue weighted by molar-refractivity contribution is -0.123.